The number of nitrogens with two attached hydrogens (primary N) is 1. The van der Waals surface area contributed by atoms with Gasteiger partial charge in [0.25, 0.3) is 0 Å². The number of rotatable bonds is 6. The highest BCUT2D eigenvalue weighted by atomic mass is 79.9. The third-order valence-corrected chi connectivity index (χ3v) is 3.68. The Morgan fingerprint density at radius 1 is 1.45 bits per heavy atom. The van der Waals surface area contributed by atoms with E-state index in [1.54, 1.807) is 0 Å². The van der Waals surface area contributed by atoms with Gasteiger partial charge in [0.2, 0.25) is 5.91 Å². The van der Waals surface area contributed by atoms with Crippen molar-refractivity contribution in [3.8, 4) is 0 Å². The largest absolute Gasteiger partial charge is 0.383 e. The molecule has 0 aromatic heterocycles. The first-order valence-corrected chi connectivity index (χ1v) is 6.95. The van der Waals surface area contributed by atoms with Crippen molar-refractivity contribution in [3.63, 3.8) is 0 Å². The lowest BCUT2D eigenvalue weighted by Gasteiger charge is -2.27. The third-order valence-electron chi connectivity index (χ3n) is 2.99. The fourth-order valence-corrected chi connectivity index (χ4v) is 2.62. The van der Waals surface area contributed by atoms with Crippen LogP contribution in [0.15, 0.2) is 28.7 Å². The summed E-state index contributed by atoms with van der Waals surface area (Å²) in [4.78, 5) is 11.8. The van der Waals surface area contributed by atoms with Crippen molar-refractivity contribution < 1.29 is 9.53 Å². The molecule has 1 amide bonds. The van der Waals surface area contributed by atoms with Gasteiger partial charge in [0.15, 0.2) is 0 Å². The number of hydrogen-bond donors (Lipinski definition) is 2. The van der Waals surface area contributed by atoms with E-state index in [0.29, 0.717) is 6.54 Å². The van der Waals surface area contributed by atoms with Crippen molar-refractivity contribution in [1.82, 2.24) is 5.32 Å². The number of halogens is 2. The zero-order valence-electron chi connectivity index (χ0n) is 12.0. The molecule has 0 heterocycles. The first-order valence-electron chi connectivity index (χ1n) is 6.15. The summed E-state index contributed by atoms with van der Waals surface area (Å²) in [6, 6.07) is 7.37. The average molecular weight is 366 g/mol. The topological polar surface area (TPSA) is 64.3 Å². The van der Waals surface area contributed by atoms with Gasteiger partial charge in [0, 0.05) is 23.5 Å². The minimum Gasteiger partial charge on any atom is -0.383 e. The fourth-order valence-electron chi connectivity index (χ4n) is 1.80. The van der Waals surface area contributed by atoms with Crippen LogP contribution >= 0.6 is 28.3 Å². The molecule has 1 atom stereocenters. The normalized spacial score (nSPS) is 12.4. The Morgan fingerprint density at radius 2 is 2.05 bits per heavy atom. The predicted molar refractivity (Wildman–Crippen MR) is 87.3 cm³/mol. The zero-order valence-corrected chi connectivity index (χ0v) is 14.4. The van der Waals surface area contributed by atoms with Crippen LogP contribution in [0.3, 0.4) is 0 Å². The molecule has 0 saturated heterocycles. The van der Waals surface area contributed by atoms with E-state index in [9.17, 15) is 4.79 Å². The van der Waals surface area contributed by atoms with Crippen LogP contribution in [0, 0.1) is 0 Å². The van der Waals surface area contributed by atoms with Crippen molar-refractivity contribution in [1.29, 1.82) is 0 Å². The van der Waals surface area contributed by atoms with Crippen LogP contribution in [-0.4, -0.2) is 32.2 Å². The quantitative estimate of drug-likeness (QED) is 0.812. The molecule has 0 aliphatic carbocycles. The second-order valence-corrected chi connectivity index (χ2v) is 6.00. The maximum Gasteiger partial charge on any atom is 0.239 e. The van der Waals surface area contributed by atoms with Gasteiger partial charge in [0.05, 0.1) is 6.61 Å². The van der Waals surface area contributed by atoms with Crippen LogP contribution in [0.4, 0.5) is 0 Å². The molecule has 0 radical (unpaired) electrons. The highest BCUT2D eigenvalue weighted by Crippen LogP contribution is 2.29. The van der Waals surface area contributed by atoms with Gasteiger partial charge in [-0.3, -0.25) is 4.79 Å². The Kier molecular flexibility index (Phi) is 8.35. The number of benzene rings is 1. The monoisotopic (exact) mass is 364 g/mol. The standard InChI is InChI=1S/C14H21BrN2O2.ClH/c1-14(2,10-6-4-5-7-11(10)15)9-17-13(18)12(16)8-19-3;/h4-7,12H,8-9,16H2,1-3H3,(H,17,18);1H. The van der Waals surface area contributed by atoms with Crippen molar-refractivity contribution in [2.24, 2.45) is 5.73 Å². The molecular weight excluding hydrogens is 344 g/mol. The van der Waals surface area contributed by atoms with Gasteiger partial charge < -0.3 is 15.8 Å². The third kappa shape index (κ3) is 5.40. The molecule has 4 nitrogen and oxygen atoms in total. The molecule has 1 aromatic rings. The molecule has 0 fully saturated rings. The molecule has 0 saturated carbocycles. The maximum absolute atomic E-state index is 11.8. The number of ether oxygens (including phenoxy) is 1. The molecule has 6 heteroatoms. The molecule has 114 valence electrons. The van der Waals surface area contributed by atoms with Crippen LogP contribution in [0.2, 0.25) is 0 Å². The summed E-state index contributed by atoms with van der Waals surface area (Å²) in [5.74, 6) is -0.193. The van der Waals surface area contributed by atoms with Crippen LogP contribution in [0.25, 0.3) is 0 Å². The van der Waals surface area contributed by atoms with E-state index < -0.39 is 6.04 Å². The van der Waals surface area contributed by atoms with Gasteiger partial charge in [0.1, 0.15) is 6.04 Å². The second-order valence-electron chi connectivity index (χ2n) is 5.14. The van der Waals surface area contributed by atoms with E-state index in [2.05, 4.69) is 35.1 Å². The molecule has 3 N–H and O–H groups in total. The fraction of sp³-hybridized carbons (Fsp3) is 0.500. The molecule has 1 unspecified atom stereocenters. The van der Waals surface area contributed by atoms with Crippen LogP contribution < -0.4 is 11.1 Å². The highest BCUT2D eigenvalue weighted by molar-refractivity contribution is 9.10. The Morgan fingerprint density at radius 3 is 2.60 bits per heavy atom. The van der Waals surface area contributed by atoms with E-state index in [0.717, 1.165) is 10.0 Å². The first kappa shape index (κ1) is 19.4. The van der Waals surface area contributed by atoms with E-state index >= 15 is 0 Å². The maximum atomic E-state index is 11.8. The molecular formula is C14H22BrClN2O2. The number of carbonyl (C=O) groups is 1. The van der Waals surface area contributed by atoms with Gasteiger partial charge in [-0.1, -0.05) is 48.0 Å². The predicted octanol–water partition coefficient (Wildman–Crippen LogP) is 2.24. The molecule has 1 aromatic carbocycles. The summed E-state index contributed by atoms with van der Waals surface area (Å²) in [5, 5.41) is 2.87. The molecule has 0 aliphatic heterocycles. The summed E-state index contributed by atoms with van der Waals surface area (Å²) in [6.07, 6.45) is 0. The minimum atomic E-state index is -0.625. The minimum absolute atomic E-state index is 0. The Labute approximate surface area is 135 Å². The molecule has 1 rings (SSSR count). The lowest BCUT2D eigenvalue weighted by Crippen LogP contribution is -2.47. The molecule has 0 bridgehead atoms. The lowest BCUT2D eigenvalue weighted by molar-refractivity contribution is -0.123. The number of methoxy groups -OCH3 is 1. The number of nitrogens with one attached hydrogen (secondary N) is 1. The van der Waals surface area contributed by atoms with E-state index in [1.165, 1.54) is 7.11 Å². The summed E-state index contributed by atoms with van der Waals surface area (Å²) in [5.41, 5.74) is 6.65. The SMILES string of the molecule is COCC(N)C(=O)NCC(C)(C)c1ccccc1Br.Cl. The number of carbonyl (C=O) groups excluding carboxylic acids is 1. The van der Waals surface area contributed by atoms with Crippen molar-refractivity contribution >= 4 is 34.2 Å². The Bertz CT molecular complexity index is 441. The van der Waals surface area contributed by atoms with Gasteiger partial charge >= 0.3 is 0 Å². The van der Waals surface area contributed by atoms with Crippen molar-refractivity contribution in [3.05, 3.63) is 34.3 Å². The lowest BCUT2D eigenvalue weighted by atomic mass is 9.84. The summed E-state index contributed by atoms with van der Waals surface area (Å²) < 4.78 is 5.90. The van der Waals surface area contributed by atoms with Gasteiger partial charge in [-0.05, 0) is 11.6 Å². The summed E-state index contributed by atoms with van der Waals surface area (Å²) >= 11 is 3.54. The van der Waals surface area contributed by atoms with Crippen LogP contribution in [-0.2, 0) is 14.9 Å². The first-order chi connectivity index (χ1) is 8.88. The molecule has 0 aliphatic rings. The highest BCUT2D eigenvalue weighted by Gasteiger charge is 2.24. The number of hydrogen-bond acceptors (Lipinski definition) is 3. The van der Waals surface area contributed by atoms with Crippen molar-refractivity contribution in [2.75, 3.05) is 20.3 Å². The zero-order chi connectivity index (χ0) is 14.5. The van der Waals surface area contributed by atoms with Gasteiger partial charge in [-0.25, -0.2) is 0 Å². The second kappa shape index (κ2) is 8.62. The van der Waals surface area contributed by atoms with Crippen molar-refractivity contribution in [2.45, 2.75) is 25.3 Å². The van der Waals surface area contributed by atoms with Gasteiger partial charge in [-0.15, -0.1) is 12.4 Å². The van der Waals surface area contributed by atoms with E-state index in [4.69, 9.17) is 10.5 Å². The summed E-state index contributed by atoms with van der Waals surface area (Å²) in [7, 11) is 1.53. The van der Waals surface area contributed by atoms with Gasteiger partial charge in [-0.2, -0.15) is 0 Å². The van der Waals surface area contributed by atoms with E-state index in [1.807, 2.05) is 24.3 Å². The summed E-state index contributed by atoms with van der Waals surface area (Å²) in [6.45, 7) is 4.90. The average Bonchev–Trinajstić information content (AvgIpc) is 2.36. The van der Waals surface area contributed by atoms with E-state index in [-0.39, 0.29) is 30.3 Å². The Balaban J connectivity index is 0.00000361. The van der Waals surface area contributed by atoms with Crippen LogP contribution in [0.5, 0.6) is 0 Å². The molecule has 20 heavy (non-hydrogen) atoms. The smallest absolute Gasteiger partial charge is 0.239 e. The molecule has 0 spiro atoms. The Hall–Kier alpha value is -0.620. The number of amides is 1. The van der Waals surface area contributed by atoms with Crippen LogP contribution in [0.1, 0.15) is 19.4 Å².